The lowest BCUT2D eigenvalue weighted by atomic mass is 10.0. The highest BCUT2D eigenvalue weighted by molar-refractivity contribution is 7.89. The number of non-ortho nitro benzene ring substituents is 1. The van der Waals surface area contributed by atoms with Crippen LogP contribution in [0, 0.1) is 15.9 Å². The predicted octanol–water partition coefficient (Wildman–Crippen LogP) is 3.60. The van der Waals surface area contributed by atoms with Crippen molar-refractivity contribution in [2.45, 2.75) is 36.6 Å². The van der Waals surface area contributed by atoms with Gasteiger partial charge in [-0.25, -0.2) is 12.8 Å². The fraction of sp³-hybridized carbons (Fsp3) is 0.429. The third-order valence-corrected chi connectivity index (χ3v) is 7.83. The zero-order chi connectivity index (χ0) is 22.0. The van der Waals surface area contributed by atoms with Gasteiger partial charge in [-0.05, 0) is 43.9 Å². The van der Waals surface area contributed by atoms with E-state index >= 15 is 0 Å². The van der Waals surface area contributed by atoms with E-state index in [4.69, 9.17) is 0 Å². The molecule has 4 rings (SSSR count). The SMILES string of the molecule is O=[N+]([O-])c1ccc(N2CCC(Nc3ccccc3F)CC2)c(S(=O)(=O)N2CCCC2)c1. The van der Waals surface area contributed by atoms with E-state index in [1.54, 1.807) is 18.2 Å². The molecule has 0 spiro atoms. The summed E-state index contributed by atoms with van der Waals surface area (Å²) < 4.78 is 41.8. The van der Waals surface area contributed by atoms with Crippen molar-refractivity contribution in [2.75, 3.05) is 36.4 Å². The Balaban J connectivity index is 1.55. The van der Waals surface area contributed by atoms with Gasteiger partial charge in [0.15, 0.2) is 0 Å². The van der Waals surface area contributed by atoms with Crippen LogP contribution in [0.5, 0.6) is 0 Å². The molecule has 0 aliphatic carbocycles. The molecule has 2 aliphatic heterocycles. The van der Waals surface area contributed by atoms with Gasteiger partial charge >= 0.3 is 0 Å². The second-order valence-electron chi connectivity index (χ2n) is 7.91. The van der Waals surface area contributed by atoms with Gasteiger partial charge in [0.2, 0.25) is 10.0 Å². The number of benzene rings is 2. The van der Waals surface area contributed by atoms with Gasteiger partial charge < -0.3 is 10.2 Å². The van der Waals surface area contributed by atoms with Crippen molar-refractivity contribution in [2.24, 2.45) is 0 Å². The van der Waals surface area contributed by atoms with Gasteiger partial charge in [-0.3, -0.25) is 10.1 Å². The van der Waals surface area contributed by atoms with Crippen molar-refractivity contribution in [1.29, 1.82) is 0 Å². The number of nitrogens with zero attached hydrogens (tertiary/aromatic N) is 3. The molecule has 2 heterocycles. The number of halogens is 1. The summed E-state index contributed by atoms with van der Waals surface area (Å²) in [5.74, 6) is -0.306. The van der Waals surface area contributed by atoms with E-state index in [0.29, 0.717) is 50.4 Å². The van der Waals surface area contributed by atoms with E-state index in [2.05, 4.69) is 5.32 Å². The monoisotopic (exact) mass is 448 g/mol. The summed E-state index contributed by atoms with van der Waals surface area (Å²) in [6, 6.07) is 10.6. The van der Waals surface area contributed by atoms with E-state index in [-0.39, 0.29) is 22.4 Å². The molecule has 2 saturated heterocycles. The molecule has 166 valence electrons. The van der Waals surface area contributed by atoms with Gasteiger partial charge in [-0.2, -0.15) is 4.31 Å². The molecule has 2 aliphatic rings. The number of sulfonamides is 1. The van der Waals surface area contributed by atoms with Crippen LogP contribution in [0.4, 0.5) is 21.5 Å². The third kappa shape index (κ3) is 4.49. The second-order valence-corrected chi connectivity index (χ2v) is 9.81. The minimum absolute atomic E-state index is 0.0101. The fourth-order valence-electron chi connectivity index (χ4n) is 4.21. The predicted molar refractivity (Wildman–Crippen MR) is 116 cm³/mol. The van der Waals surface area contributed by atoms with Crippen LogP contribution in [0.25, 0.3) is 0 Å². The molecule has 0 bridgehead atoms. The van der Waals surface area contributed by atoms with Crippen LogP contribution in [0.15, 0.2) is 47.4 Å². The molecule has 0 radical (unpaired) electrons. The fourth-order valence-corrected chi connectivity index (χ4v) is 5.96. The Morgan fingerprint density at radius 3 is 2.35 bits per heavy atom. The van der Waals surface area contributed by atoms with Crippen LogP contribution in [0.1, 0.15) is 25.7 Å². The molecular formula is C21H25FN4O4S. The lowest BCUT2D eigenvalue weighted by Crippen LogP contribution is -2.40. The van der Waals surface area contributed by atoms with Gasteiger partial charge in [-0.1, -0.05) is 12.1 Å². The average Bonchev–Trinajstić information content (AvgIpc) is 3.31. The lowest BCUT2D eigenvalue weighted by Gasteiger charge is -2.35. The highest BCUT2D eigenvalue weighted by atomic mass is 32.2. The molecule has 2 aromatic carbocycles. The van der Waals surface area contributed by atoms with Crippen LogP contribution < -0.4 is 10.2 Å². The molecule has 10 heteroatoms. The number of nitrogens with one attached hydrogen (secondary N) is 1. The largest absolute Gasteiger partial charge is 0.380 e. The van der Waals surface area contributed by atoms with Crippen molar-refractivity contribution < 1.29 is 17.7 Å². The first-order valence-corrected chi connectivity index (χ1v) is 11.8. The van der Waals surface area contributed by atoms with Gasteiger partial charge in [-0.15, -0.1) is 0 Å². The molecule has 0 unspecified atom stereocenters. The number of para-hydroxylation sites is 1. The van der Waals surface area contributed by atoms with Crippen molar-refractivity contribution in [3.05, 3.63) is 58.4 Å². The minimum Gasteiger partial charge on any atom is -0.380 e. The van der Waals surface area contributed by atoms with Gasteiger partial charge in [0, 0.05) is 44.4 Å². The Morgan fingerprint density at radius 1 is 1.03 bits per heavy atom. The maximum Gasteiger partial charge on any atom is 0.270 e. The van der Waals surface area contributed by atoms with Crippen molar-refractivity contribution in [3.8, 4) is 0 Å². The summed E-state index contributed by atoms with van der Waals surface area (Å²) in [5, 5.41) is 14.5. The molecular weight excluding hydrogens is 423 g/mol. The van der Waals surface area contributed by atoms with Gasteiger partial charge in [0.1, 0.15) is 10.7 Å². The number of nitro groups is 1. The Morgan fingerprint density at radius 2 is 1.71 bits per heavy atom. The first-order valence-electron chi connectivity index (χ1n) is 10.4. The second kappa shape index (κ2) is 8.80. The average molecular weight is 449 g/mol. The number of piperidine rings is 1. The van der Waals surface area contributed by atoms with E-state index in [1.165, 1.54) is 28.6 Å². The number of nitro benzene ring substituents is 1. The maximum atomic E-state index is 13.9. The highest BCUT2D eigenvalue weighted by Gasteiger charge is 2.33. The summed E-state index contributed by atoms with van der Waals surface area (Å²) >= 11 is 0. The van der Waals surface area contributed by atoms with Crippen LogP contribution in [0.2, 0.25) is 0 Å². The molecule has 31 heavy (non-hydrogen) atoms. The molecule has 8 nitrogen and oxygen atoms in total. The van der Waals surface area contributed by atoms with E-state index in [1.807, 2.05) is 4.90 Å². The smallest absolute Gasteiger partial charge is 0.270 e. The quantitative estimate of drug-likeness (QED) is 0.536. The normalized spacial score (nSPS) is 18.3. The summed E-state index contributed by atoms with van der Waals surface area (Å²) in [7, 11) is -3.82. The molecule has 2 fully saturated rings. The number of hydrogen-bond acceptors (Lipinski definition) is 6. The first kappa shape index (κ1) is 21.5. The topological polar surface area (TPSA) is 95.8 Å². The molecule has 0 saturated carbocycles. The number of rotatable bonds is 6. The molecule has 1 N–H and O–H groups in total. The van der Waals surface area contributed by atoms with E-state index < -0.39 is 14.9 Å². The zero-order valence-electron chi connectivity index (χ0n) is 17.0. The van der Waals surface area contributed by atoms with Crippen molar-refractivity contribution in [1.82, 2.24) is 4.31 Å². The lowest BCUT2D eigenvalue weighted by molar-refractivity contribution is -0.385. The first-order chi connectivity index (χ1) is 14.9. The molecule has 0 aromatic heterocycles. The van der Waals surface area contributed by atoms with E-state index in [0.717, 1.165) is 12.8 Å². The van der Waals surface area contributed by atoms with Crippen LogP contribution >= 0.6 is 0 Å². The third-order valence-electron chi connectivity index (χ3n) is 5.91. The Kier molecular flexibility index (Phi) is 6.10. The van der Waals surface area contributed by atoms with Crippen LogP contribution in [-0.4, -0.2) is 49.9 Å². The highest BCUT2D eigenvalue weighted by Crippen LogP contribution is 2.34. The van der Waals surface area contributed by atoms with Crippen molar-refractivity contribution >= 4 is 27.1 Å². The van der Waals surface area contributed by atoms with Crippen LogP contribution in [0.3, 0.4) is 0 Å². The molecule has 2 aromatic rings. The molecule has 0 atom stereocenters. The standard InChI is InChI=1S/C21H25FN4O4S/c22-18-5-1-2-6-19(18)23-16-9-13-24(14-10-16)20-8-7-17(26(27)28)15-21(20)31(29,30)25-11-3-4-12-25/h1-2,5-8,15-16,23H,3-4,9-14H2. The van der Waals surface area contributed by atoms with Crippen molar-refractivity contribution in [3.63, 3.8) is 0 Å². The van der Waals surface area contributed by atoms with E-state index in [9.17, 15) is 22.9 Å². The molecule has 0 amide bonds. The Bertz CT molecular complexity index is 1060. The van der Waals surface area contributed by atoms with Crippen LogP contribution in [-0.2, 0) is 10.0 Å². The zero-order valence-corrected chi connectivity index (χ0v) is 17.9. The van der Waals surface area contributed by atoms with Gasteiger partial charge in [0.25, 0.3) is 5.69 Å². The summed E-state index contributed by atoms with van der Waals surface area (Å²) in [4.78, 5) is 12.6. The Labute approximate surface area is 180 Å². The Hall–Kier alpha value is -2.72. The summed E-state index contributed by atoms with van der Waals surface area (Å²) in [6.07, 6.45) is 2.95. The maximum absolute atomic E-state index is 13.9. The summed E-state index contributed by atoms with van der Waals surface area (Å²) in [5.41, 5.74) is 0.702. The number of anilines is 2. The minimum atomic E-state index is -3.82. The number of hydrogen-bond donors (Lipinski definition) is 1. The summed E-state index contributed by atoms with van der Waals surface area (Å²) in [6.45, 7) is 1.98. The van der Waals surface area contributed by atoms with Gasteiger partial charge in [0.05, 0.1) is 16.3 Å².